The molecule has 1 atom stereocenters. The Labute approximate surface area is 129 Å². The van der Waals surface area contributed by atoms with E-state index in [1.54, 1.807) is 12.1 Å². The number of phenolic OH excluding ortho intramolecular Hbond substituents is 1. The van der Waals surface area contributed by atoms with E-state index in [4.69, 9.17) is 0 Å². The summed E-state index contributed by atoms with van der Waals surface area (Å²) in [5, 5.41) is 12.6. The van der Waals surface area contributed by atoms with Gasteiger partial charge in [0.1, 0.15) is 5.75 Å². The van der Waals surface area contributed by atoms with Crippen LogP contribution in [-0.2, 0) is 0 Å². The number of fused-ring (bicyclic) bond motifs is 1. The molecule has 0 bridgehead atoms. The van der Waals surface area contributed by atoms with Gasteiger partial charge in [0.25, 0.3) is 5.91 Å². The van der Waals surface area contributed by atoms with Crippen LogP contribution in [0.1, 0.15) is 23.7 Å². The first-order valence-corrected chi connectivity index (χ1v) is 8.36. The summed E-state index contributed by atoms with van der Waals surface area (Å²) < 4.78 is 0. The number of nitrogens with zero attached hydrogens (tertiary/aromatic N) is 1. The van der Waals surface area contributed by atoms with Crippen LogP contribution in [0.25, 0.3) is 10.8 Å². The molecular weight excluding hydrogens is 282 g/mol. The third-order valence-electron chi connectivity index (χ3n) is 3.98. The quantitative estimate of drug-likeness (QED) is 0.922. The smallest absolute Gasteiger partial charge is 0.257 e. The van der Waals surface area contributed by atoms with E-state index in [-0.39, 0.29) is 11.7 Å². The van der Waals surface area contributed by atoms with Gasteiger partial charge in [-0.1, -0.05) is 31.2 Å². The molecule has 0 radical (unpaired) electrons. The molecular formula is C17H19NO2S. The molecule has 2 aromatic carbocycles. The van der Waals surface area contributed by atoms with Gasteiger partial charge in [-0.05, 0) is 29.3 Å². The van der Waals surface area contributed by atoms with Gasteiger partial charge in [0, 0.05) is 24.1 Å². The molecule has 1 aliphatic heterocycles. The highest BCUT2D eigenvalue weighted by Gasteiger charge is 2.25. The lowest BCUT2D eigenvalue weighted by molar-refractivity contribution is 0.0758. The van der Waals surface area contributed by atoms with Crippen molar-refractivity contribution >= 4 is 28.4 Å². The van der Waals surface area contributed by atoms with Gasteiger partial charge in [-0.2, -0.15) is 11.8 Å². The fourth-order valence-corrected chi connectivity index (χ4v) is 3.90. The molecule has 1 unspecified atom stereocenters. The minimum Gasteiger partial charge on any atom is -0.507 e. The van der Waals surface area contributed by atoms with Gasteiger partial charge in [-0.3, -0.25) is 4.79 Å². The van der Waals surface area contributed by atoms with Crippen molar-refractivity contribution in [1.29, 1.82) is 0 Å². The second kappa shape index (κ2) is 5.98. The number of phenols is 1. The van der Waals surface area contributed by atoms with Crippen molar-refractivity contribution < 1.29 is 9.90 Å². The number of carbonyl (C=O) groups is 1. The third-order valence-corrected chi connectivity index (χ3v) is 5.35. The number of hydrogen-bond donors (Lipinski definition) is 1. The molecule has 3 nitrogen and oxygen atoms in total. The van der Waals surface area contributed by atoms with E-state index >= 15 is 0 Å². The van der Waals surface area contributed by atoms with Crippen molar-refractivity contribution in [2.24, 2.45) is 0 Å². The normalized spacial score (nSPS) is 18.9. The number of rotatable bonds is 2. The molecule has 0 spiro atoms. The van der Waals surface area contributed by atoms with Crippen LogP contribution in [0.15, 0.2) is 36.4 Å². The minimum absolute atomic E-state index is 0.0583. The van der Waals surface area contributed by atoms with Crippen LogP contribution >= 0.6 is 11.8 Å². The summed E-state index contributed by atoms with van der Waals surface area (Å²) in [6.45, 7) is 3.68. The summed E-state index contributed by atoms with van der Waals surface area (Å²) >= 11 is 1.93. The molecule has 3 rings (SSSR count). The van der Waals surface area contributed by atoms with E-state index in [9.17, 15) is 9.90 Å². The van der Waals surface area contributed by atoms with E-state index in [0.717, 1.165) is 36.0 Å². The summed E-state index contributed by atoms with van der Waals surface area (Å²) in [6, 6.07) is 11.3. The topological polar surface area (TPSA) is 40.5 Å². The van der Waals surface area contributed by atoms with Crippen LogP contribution in [0.3, 0.4) is 0 Å². The molecule has 0 aromatic heterocycles. The molecule has 1 fully saturated rings. The lowest BCUT2D eigenvalue weighted by Crippen LogP contribution is -2.41. The first-order valence-electron chi connectivity index (χ1n) is 7.31. The van der Waals surface area contributed by atoms with Crippen molar-refractivity contribution in [2.75, 3.05) is 18.8 Å². The van der Waals surface area contributed by atoms with Gasteiger partial charge < -0.3 is 10.0 Å². The van der Waals surface area contributed by atoms with Crippen molar-refractivity contribution in [1.82, 2.24) is 4.90 Å². The Balaban J connectivity index is 1.92. The fourth-order valence-electron chi connectivity index (χ4n) is 2.72. The predicted molar refractivity (Wildman–Crippen MR) is 88.1 cm³/mol. The zero-order valence-electron chi connectivity index (χ0n) is 12.1. The zero-order chi connectivity index (χ0) is 14.8. The molecule has 1 heterocycles. The highest BCUT2D eigenvalue weighted by atomic mass is 32.2. The van der Waals surface area contributed by atoms with Gasteiger partial charge in [0.05, 0.1) is 5.56 Å². The molecule has 2 aromatic rings. The number of amides is 1. The molecule has 1 aliphatic rings. The lowest BCUT2D eigenvalue weighted by Gasteiger charge is -2.32. The van der Waals surface area contributed by atoms with Crippen LogP contribution in [0.4, 0.5) is 0 Å². The first-order chi connectivity index (χ1) is 10.2. The van der Waals surface area contributed by atoms with Crippen molar-refractivity contribution in [3.63, 3.8) is 0 Å². The Kier molecular flexibility index (Phi) is 4.06. The molecule has 110 valence electrons. The maximum absolute atomic E-state index is 12.7. The first kappa shape index (κ1) is 14.3. The molecule has 1 saturated heterocycles. The second-order valence-corrected chi connectivity index (χ2v) is 6.78. The lowest BCUT2D eigenvalue weighted by atomic mass is 10.0. The summed E-state index contributed by atoms with van der Waals surface area (Å²) in [5.41, 5.74) is 0.412. The molecule has 0 saturated carbocycles. The highest BCUT2D eigenvalue weighted by Crippen LogP contribution is 2.28. The van der Waals surface area contributed by atoms with E-state index < -0.39 is 0 Å². The van der Waals surface area contributed by atoms with Crippen LogP contribution in [0.2, 0.25) is 0 Å². The van der Waals surface area contributed by atoms with E-state index in [0.29, 0.717) is 10.8 Å². The number of hydrogen-bond acceptors (Lipinski definition) is 3. The Morgan fingerprint density at radius 3 is 2.76 bits per heavy atom. The minimum atomic E-state index is -0.0583. The Bertz CT molecular complexity index is 671. The Hall–Kier alpha value is -1.68. The molecule has 0 aliphatic carbocycles. The molecule has 1 N–H and O–H groups in total. The summed E-state index contributed by atoms with van der Waals surface area (Å²) in [4.78, 5) is 14.6. The highest BCUT2D eigenvalue weighted by molar-refractivity contribution is 8.00. The monoisotopic (exact) mass is 301 g/mol. The summed E-state index contributed by atoms with van der Waals surface area (Å²) in [5.74, 6) is 0.987. The third kappa shape index (κ3) is 2.86. The van der Waals surface area contributed by atoms with Crippen LogP contribution < -0.4 is 0 Å². The average Bonchev–Trinajstić information content (AvgIpc) is 2.53. The average molecular weight is 301 g/mol. The van der Waals surface area contributed by atoms with Crippen LogP contribution in [0.5, 0.6) is 5.75 Å². The Morgan fingerprint density at radius 2 is 2.05 bits per heavy atom. The van der Waals surface area contributed by atoms with Gasteiger partial charge in [0.2, 0.25) is 0 Å². The standard InChI is InChI=1S/C17H19NO2S/c1-2-14-11-18(7-8-21-14)17(20)15-9-12-5-3-4-6-13(12)10-16(15)19/h3-6,9-10,14,19H,2,7-8,11H2,1H3. The van der Waals surface area contributed by atoms with Gasteiger partial charge >= 0.3 is 0 Å². The molecule has 1 amide bonds. The van der Waals surface area contributed by atoms with E-state index in [2.05, 4.69) is 6.92 Å². The SMILES string of the molecule is CCC1CN(C(=O)c2cc3ccccc3cc2O)CCS1. The fraction of sp³-hybridized carbons (Fsp3) is 0.353. The number of thioether (sulfide) groups is 1. The van der Waals surface area contributed by atoms with Crippen LogP contribution in [-0.4, -0.2) is 40.0 Å². The van der Waals surface area contributed by atoms with Crippen molar-refractivity contribution in [3.8, 4) is 5.75 Å². The molecule has 4 heteroatoms. The van der Waals surface area contributed by atoms with E-state index in [1.165, 1.54) is 0 Å². The van der Waals surface area contributed by atoms with Crippen molar-refractivity contribution in [2.45, 2.75) is 18.6 Å². The largest absolute Gasteiger partial charge is 0.507 e. The van der Waals surface area contributed by atoms with E-state index in [1.807, 2.05) is 40.9 Å². The second-order valence-electron chi connectivity index (χ2n) is 5.37. The maximum atomic E-state index is 12.7. The summed E-state index contributed by atoms with van der Waals surface area (Å²) in [6.07, 6.45) is 1.07. The zero-order valence-corrected chi connectivity index (χ0v) is 12.9. The summed E-state index contributed by atoms with van der Waals surface area (Å²) in [7, 11) is 0. The van der Waals surface area contributed by atoms with Crippen molar-refractivity contribution in [3.05, 3.63) is 42.0 Å². The predicted octanol–water partition coefficient (Wildman–Crippen LogP) is 3.51. The number of benzene rings is 2. The molecule has 21 heavy (non-hydrogen) atoms. The maximum Gasteiger partial charge on any atom is 0.257 e. The number of carbonyl (C=O) groups excluding carboxylic acids is 1. The van der Waals surface area contributed by atoms with Gasteiger partial charge in [0.15, 0.2) is 0 Å². The number of aromatic hydroxyl groups is 1. The van der Waals surface area contributed by atoms with Gasteiger partial charge in [-0.15, -0.1) is 0 Å². The van der Waals surface area contributed by atoms with Crippen LogP contribution in [0, 0.1) is 0 Å². The Morgan fingerprint density at radius 1 is 1.33 bits per heavy atom. The van der Waals surface area contributed by atoms with Gasteiger partial charge in [-0.25, -0.2) is 0 Å².